The Kier molecular flexibility index (Phi) is 6.61. The first-order valence-corrected chi connectivity index (χ1v) is 10.7. The summed E-state index contributed by atoms with van der Waals surface area (Å²) in [5.41, 5.74) is 4.98. The minimum Gasteiger partial charge on any atom is -0.337 e. The van der Waals surface area contributed by atoms with Gasteiger partial charge < -0.3 is 10.2 Å². The van der Waals surface area contributed by atoms with Crippen LogP contribution in [0, 0.1) is 11.3 Å². The molecule has 4 rings (SSSR count). The van der Waals surface area contributed by atoms with E-state index in [0.717, 1.165) is 41.6 Å². The van der Waals surface area contributed by atoms with Gasteiger partial charge >= 0.3 is 0 Å². The summed E-state index contributed by atoms with van der Waals surface area (Å²) in [6.45, 7) is 1.91. The number of aromatic nitrogens is 1. The maximum atomic E-state index is 12.8. The first-order chi connectivity index (χ1) is 15.1. The third kappa shape index (κ3) is 5.49. The molecular weight excluding hydrogens is 408 g/mol. The van der Waals surface area contributed by atoms with Crippen LogP contribution in [0.5, 0.6) is 0 Å². The van der Waals surface area contributed by atoms with Crippen molar-refractivity contribution < 1.29 is 4.79 Å². The second kappa shape index (κ2) is 9.74. The summed E-state index contributed by atoms with van der Waals surface area (Å²) in [6, 6.07) is 19.3. The van der Waals surface area contributed by atoms with Gasteiger partial charge in [-0.25, -0.2) is 0 Å². The Morgan fingerprint density at radius 3 is 2.65 bits per heavy atom. The van der Waals surface area contributed by atoms with Crippen molar-refractivity contribution in [2.45, 2.75) is 32.0 Å². The number of hydrogen-bond donors (Lipinski definition) is 1. The van der Waals surface area contributed by atoms with Crippen molar-refractivity contribution in [2.24, 2.45) is 0 Å². The fourth-order valence-corrected chi connectivity index (χ4v) is 4.06. The zero-order valence-corrected chi connectivity index (χ0v) is 17.8. The number of halogens is 1. The van der Waals surface area contributed by atoms with Crippen molar-refractivity contribution in [3.8, 4) is 6.07 Å². The average molecular weight is 431 g/mol. The van der Waals surface area contributed by atoms with Gasteiger partial charge in [-0.1, -0.05) is 41.9 Å². The van der Waals surface area contributed by atoms with E-state index in [1.165, 1.54) is 0 Å². The number of carbonyl (C=O) groups excluding carboxylic acids is 1. The third-order valence-corrected chi connectivity index (χ3v) is 5.69. The molecule has 5 nitrogen and oxygen atoms in total. The van der Waals surface area contributed by atoms with Gasteiger partial charge in [-0.15, -0.1) is 0 Å². The highest BCUT2D eigenvalue weighted by molar-refractivity contribution is 6.30. The first-order valence-electron chi connectivity index (χ1n) is 10.3. The summed E-state index contributed by atoms with van der Waals surface area (Å²) in [6.07, 6.45) is 5.23. The number of nitrogens with zero attached hydrogens (tertiary/aromatic N) is 3. The Morgan fingerprint density at radius 1 is 1.06 bits per heavy atom. The van der Waals surface area contributed by atoms with E-state index < -0.39 is 0 Å². The van der Waals surface area contributed by atoms with Crippen molar-refractivity contribution in [1.82, 2.24) is 15.2 Å². The summed E-state index contributed by atoms with van der Waals surface area (Å²) in [5, 5.41) is 13.0. The average Bonchev–Trinajstić information content (AvgIpc) is 3.12. The van der Waals surface area contributed by atoms with E-state index in [1.54, 1.807) is 0 Å². The van der Waals surface area contributed by atoms with Gasteiger partial charge in [-0.05, 0) is 59.4 Å². The van der Waals surface area contributed by atoms with Crippen LogP contribution < -0.4 is 5.32 Å². The van der Waals surface area contributed by atoms with E-state index in [1.807, 2.05) is 65.8 Å². The quantitative estimate of drug-likeness (QED) is 0.613. The number of benzene rings is 2. The van der Waals surface area contributed by atoms with Crippen molar-refractivity contribution in [3.63, 3.8) is 0 Å². The van der Waals surface area contributed by atoms with Gasteiger partial charge in [0, 0.05) is 37.1 Å². The molecule has 0 spiro atoms. The Balaban J connectivity index is 1.32. The summed E-state index contributed by atoms with van der Waals surface area (Å²) in [7, 11) is 0. The van der Waals surface area contributed by atoms with E-state index >= 15 is 0 Å². The molecule has 1 amide bonds. The van der Waals surface area contributed by atoms with Crippen LogP contribution in [0.2, 0.25) is 5.02 Å². The molecule has 0 radical (unpaired) electrons. The minimum atomic E-state index is -0.179. The van der Waals surface area contributed by atoms with E-state index in [-0.39, 0.29) is 11.9 Å². The Morgan fingerprint density at radius 2 is 1.87 bits per heavy atom. The van der Waals surface area contributed by atoms with Gasteiger partial charge in [0.15, 0.2) is 0 Å². The lowest BCUT2D eigenvalue weighted by atomic mass is 10.0. The molecule has 6 heteroatoms. The smallest absolute Gasteiger partial charge is 0.240 e. The molecule has 1 atom stereocenters. The van der Waals surface area contributed by atoms with Gasteiger partial charge in [0.2, 0.25) is 5.91 Å². The van der Waals surface area contributed by atoms with Crippen molar-refractivity contribution >= 4 is 17.5 Å². The predicted molar refractivity (Wildman–Crippen MR) is 120 cm³/mol. The van der Waals surface area contributed by atoms with Crippen LogP contribution >= 0.6 is 11.6 Å². The van der Waals surface area contributed by atoms with Crippen LogP contribution in [0.1, 0.15) is 34.2 Å². The Bertz CT molecular complexity index is 1110. The van der Waals surface area contributed by atoms with Crippen molar-refractivity contribution in [3.05, 3.63) is 99.8 Å². The molecule has 1 fully saturated rings. The molecule has 1 N–H and O–H groups in total. The number of carbonyl (C=O) groups is 1. The number of hydrogen-bond acceptors (Lipinski definition) is 4. The topological polar surface area (TPSA) is 69.0 Å². The number of amides is 1. The van der Waals surface area contributed by atoms with Crippen molar-refractivity contribution in [1.29, 1.82) is 5.26 Å². The Hall–Kier alpha value is -3.20. The summed E-state index contributed by atoms with van der Waals surface area (Å²) < 4.78 is 0. The summed E-state index contributed by atoms with van der Waals surface area (Å²) >= 11 is 6.06. The normalized spacial score (nSPS) is 15.8. The third-order valence-electron chi connectivity index (χ3n) is 5.46. The SMILES string of the molecule is N#Cc1ccc(Cc2cncc(CN[C@@H]3CCN(Cc4cccc(Cl)c4)C3=O)c2)cc1. The first kappa shape index (κ1) is 21.0. The molecule has 2 aromatic carbocycles. The lowest BCUT2D eigenvalue weighted by molar-refractivity contribution is -0.129. The largest absolute Gasteiger partial charge is 0.337 e. The van der Waals surface area contributed by atoms with Gasteiger partial charge in [0.1, 0.15) is 0 Å². The predicted octanol–water partition coefficient (Wildman–Crippen LogP) is 4.09. The monoisotopic (exact) mass is 430 g/mol. The molecule has 0 bridgehead atoms. The number of pyridine rings is 1. The van der Waals surface area contributed by atoms with Crippen molar-refractivity contribution in [2.75, 3.05) is 6.54 Å². The number of nitrogens with one attached hydrogen (secondary N) is 1. The highest BCUT2D eigenvalue weighted by Crippen LogP contribution is 2.18. The molecular formula is C25H23ClN4O. The standard InChI is InChI=1S/C25H23ClN4O/c26-23-3-1-2-20(12-23)17-30-9-8-24(25(30)31)29-16-22-11-21(14-28-15-22)10-18-4-6-19(13-27)7-5-18/h1-7,11-12,14-15,24,29H,8-10,16-17H2/t24-/m1/s1. The zero-order valence-electron chi connectivity index (χ0n) is 17.1. The van der Waals surface area contributed by atoms with Gasteiger partial charge in [0.25, 0.3) is 0 Å². The highest BCUT2D eigenvalue weighted by Gasteiger charge is 2.31. The van der Waals surface area contributed by atoms with Crippen LogP contribution in [0.25, 0.3) is 0 Å². The van der Waals surface area contributed by atoms with E-state index in [9.17, 15) is 4.79 Å². The number of nitriles is 1. The van der Waals surface area contributed by atoms with Crippen LogP contribution in [-0.4, -0.2) is 28.4 Å². The molecule has 0 aliphatic carbocycles. The number of rotatable bonds is 7. The highest BCUT2D eigenvalue weighted by atomic mass is 35.5. The van der Waals surface area contributed by atoms with Crippen LogP contribution in [0.15, 0.2) is 67.0 Å². The zero-order chi connectivity index (χ0) is 21.6. The van der Waals surface area contributed by atoms with E-state index in [0.29, 0.717) is 23.7 Å². The van der Waals surface area contributed by atoms with E-state index in [4.69, 9.17) is 16.9 Å². The fraction of sp³-hybridized carbons (Fsp3) is 0.240. The molecule has 0 saturated carbocycles. The molecule has 1 saturated heterocycles. The van der Waals surface area contributed by atoms with Gasteiger partial charge in [-0.3, -0.25) is 9.78 Å². The maximum Gasteiger partial charge on any atom is 0.240 e. The molecule has 31 heavy (non-hydrogen) atoms. The maximum absolute atomic E-state index is 12.8. The van der Waals surface area contributed by atoms with Gasteiger partial charge in [-0.2, -0.15) is 5.26 Å². The lowest BCUT2D eigenvalue weighted by Crippen LogP contribution is -2.37. The molecule has 2 heterocycles. The minimum absolute atomic E-state index is 0.127. The summed E-state index contributed by atoms with van der Waals surface area (Å²) in [5.74, 6) is 0.127. The Labute approximate surface area is 187 Å². The second-order valence-corrected chi connectivity index (χ2v) is 8.24. The summed E-state index contributed by atoms with van der Waals surface area (Å²) in [4.78, 5) is 19.0. The van der Waals surface area contributed by atoms with Crippen LogP contribution in [0.4, 0.5) is 0 Å². The molecule has 0 unspecified atom stereocenters. The lowest BCUT2D eigenvalue weighted by Gasteiger charge is -2.17. The fourth-order valence-electron chi connectivity index (χ4n) is 3.85. The molecule has 156 valence electrons. The second-order valence-electron chi connectivity index (χ2n) is 7.80. The number of likely N-dealkylation sites (tertiary alicyclic amines) is 1. The molecule has 1 aliphatic rings. The molecule has 1 aromatic heterocycles. The molecule has 1 aliphatic heterocycles. The molecule has 3 aromatic rings. The van der Waals surface area contributed by atoms with Gasteiger partial charge in [0.05, 0.1) is 17.7 Å². The van der Waals surface area contributed by atoms with Crippen LogP contribution in [0.3, 0.4) is 0 Å². The van der Waals surface area contributed by atoms with E-state index in [2.05, 4.69) is 22.4 Å². The van der Waals surface area contributed by atoms with Crippen LogP contribution in [-0.2, 0) is 24.3 Å².